The fourth-order valence-electron chi connectivity index (χ4n) is 2.53. The summed E-state index contributed by atoms with van der Waals surface area (Å²) in [5.41, 5.74) is 3.50. The molecule has 0 unspecified atom stereocenters. The number of rotatable bonds is 5. The Balaban J connectivity index is 1.84. The van der Waals surface area contributed by atoms with Crippen LogP contribution in [0.15, 0.2) is 54.6 Å². The Bertz CT molecular complexity index is 941. The quantitative estimate of drug-likeness (QED) is 0.726. The van der Waals surface area contributed by atoms with Crippen LogP contribution in [-0.4, -0.2) is 23.0 Å². The van der Waals surface area contributed by atoms with Crippen molar-refractivity contribution in [3.05, 3.63) is 71.5 Å². The highest BCUT2D eigenvalue weighted by Gasteiger charge is 2.12. The van der Waals surface area contributed by atoms with Gasteiger partial charge in [0.15, 0.2) is 0 Å². The fraction of sp³-hybridized carbons (Fsp3) is 0.150. The summed E-state index contributed by atoms with van der Waals surface area (Å²) in [6, 6.07) is 16.7. The molecule has 0 atom stereocenters. The molecule has 0 saturated heterocycles. The van der Waals surface area contributed by atoms with Crippen LogP contribution >= 0.6 is 0 Å². The Morgan fingerprint density at radius 2 is 1.81 bits per heavy atom. The third kappa shape index (κ3) is 4.16. The number of carbonyl (C=O) groups is 1. The van der Waals surface area contributed by atoms with E-state index in [0.29, 0.717) is 17.4 Å². The van der Waals surface area contributed by atoms with Gasteiger partial charge in [0.1, 0.15) is 11.4 Å². The van der Waals surface area contributed by atoms with Crippen LogP contribution in [0, 0.1) is 13.8 Å². The van der Waals surface area contributed by atoms with E-state index in [2.05, 4.69) is 20.6 Å². The summed E-state index contributed by atoms with van der Waals surface area (Å²) in [6.07, 6.45) is 0. The molecule has 26 heavy (non-hydrogen) atoms. The minimum absolute atomic E-state index is 0.288. The van der Waals surface area contributed by atoms with Gasteiger partial charge in [-0.25, -0.2) is 9.97 Å². The molecule has 132 valence electrons. The van der Waals surface area contributed by atoms with Crippen molar-refractivity contribution in [1.29, 1.82) is 0 Å². The van der Waals surface area contributed by atoms with Crippen LogP contribution in [0.25, 0.3) is 0 Å². The average molecular weight is 348 g/mol. The summed E-state index contributed by atoms with van der Waals surface area (Å²) in [5, 5.41) is 5.96. The van der Waals surface area contributed by atoms with Crippen LogP contribution < -0.4 is 15.4 Å². The summed E-state index contributed by atoms with van der Waals surface area (Å²) in [5.74, 6) is 0.719. The van der Waals surface area contributed by atoms with E-state index in [1.54, 1.807) is 13.2 Å². The van der Waals surface area contributed by atoms with Gasteiger partial charge in [0.05, 0.1) is 12.8 Å². The summed E-state index contributed by atoms with van der Waals surface area (Å²) in [7, 11) is 1.60. The lowest BCUT2D eigenvalue weighted by Crippen LogP contribution is -2.15. The van der Waals surface area contributed by atoms with E-state index in [0.717, 1.165) is 16.9 Å². The third-order valence-electron chi connectivity index (χ3n) is 3.72. The van der Waals surface area contributed by atoms with Crippen molar-refractivity contribution in [2.24, 2.45) is 0 Å². The molecule has 0 spiro atoms. The molecule has 1 aromatic heterocycles. The van der Waals surface area contributed by atoms with Crippen molar-refractivity contribution < 1.29 is 9.53 Å². The zero-order chi connectivity index (χ0) is 18.5. The topological polar surface area (TPSA) is 76.1 Å². The largest absolute Gasteiger partial charge is 0.495 e. The minimum atomic E-state index is -0.288. The minimum Gasteiger partial charge on any atom is -0.495 e. The van der Waals surface area contributed by atoms with Crippen molar-refractivity contribution in [1.82, 2.24) is 9.97 Å². The number of para-hydroxylation sites is 2. The highest BCUT2D eigenvalue weighted by atomic mass is 16.5. The van der Waals surface area contributed by atoms with Crippen LogP contribution in [0.5, 0.6) is 5.75 Å². The lowest BCUT2D eigenvalue weighted by atomic mass is 10.2. The first-order chi connectivity index (χ1) is 12.5. The monoisotopic (exact) mass is 348 g/mol. The van der Waals surface area contributed by atoms with Gasteiger partial charge in [0.2, 0.25) is 5.95 Å². The number of hydrogen-bond donors (Lipinski definition) is 2. The summed E-state index contributed by atoms with van der Waals surface area (Å²) in [6.45, 7) is 3.79. The molecule has 0 aliphatic rings. The van der Waals surface area contributed by atoms with E-state index in [4.69, 9.17) is 4.74 Å². The number of ether oxygens (including phenoxy) is 1. The van der Waals surface area contributed by atoms with Crippen LogP contribution in [0.4, 0.5) is 17.3 Å². The molecule has 3 rings (SSSR count). The predicted octanol–water partition coefficient (Wildman–Crippen LogP) is 4.10. The number of methoxy groups -OCH3 is 1. The number of benzene rings is 2. The second-order valence-electron chi connectivity index (χ2n) is 5.87. The summed E-state index contributed by atoms with van der Waals surface area (Å²) >= 11 is 0. The first kappa shape index (κ1) is 17.4. The van der Waals surface area contributed by atoms with Crippen molar-refractivity contribution in [2.45, 2.75) is 13.8 Å². The van der Waals surface area contributed by atoms with E-state index in [-0.39, 0.29) is 11.6 Å². The Kier molecular flexibility index (Phi) is 5.12. The SMILES string of the molecule is COc1ccccc1Nc1nc(C)cc(C(=O)Nc2cccc(C)c2)n1. The van der Waals surface area contributed by atoms with Crippen LogP contribution in [-0.2, 0) is 0 Å². The number of nitrogens with one attached hydrogen (secondary N) is 2. The highest BCUT2D eigenvalue weighted by Crippen LogP contribution is 2.25. The van der Waals surface area contributed by atoms with E-state index in [1.807, 2.05) is 62.4 Å². The van der Waals surface area contributed by atoms with Gasteiger partial charge in [0.25, 0.3) is 5.91 Å². The molecular weight excluding hydrogens is 328 g/mol. The van der Waals surface area contributed by atoms with Gasteiger partial charge >= 0.3 is 0 Å². The molecule has 2 aromatic carbocycles. The van der Waals surface area contributed by atoms with Gasteiger partial charge in [-0.3, -0.25) is 4.79 Å². The van der Waals surface area contributed by atoms with Gasteiger partial charge < -0.3 is 15.4 Å². The van der Waals surface area contributed by atoms with Gasteiger partial charge in [-0.15, -0.1) is 0 Å². The Morgan fingerprint density at radius 1 is 1.00 bits per heavy atom. The summed E-state index contributed by atoms with van der Waals surface area (Å²) < 4.78 is 5.32. The third-order valence-corrected chi connectivity index (χ3v) is 3.72. The van der Waals surface area contributed by atoms with E-state index < -0.39 is 0 Å². The van der Waals surface area contributed by atoms with Gasteiger partial charge in [0, 0.05) is 11.4 Å². The number of hydrogen-bond acceptors (Lipinski definition) is 5. The first-order valence-electron chi connectivity index (χ1n) is 8.19. The second-order valence-corrected chi connectivity index (χ2v) is 5.87. The average Bonchev–Trinajstić information content (AvgIpc) is 2.61. The Labute approximate surface area is 152 Å². The molecule has 0 bridgehead atoms. The molecule has 2 N–H and O–H groups in total. The molecule has 0 fully saturated rings. The smallest absolute Gasteiger partial charge is 0.274 e. The molecule has 1 heterocycles. The molecule has 6 heteroatoms. The van der Waals surface area contributed by atoms with Crippen molar-refractivity contribution in [3.8, 4) is 5.75 Å². The highest BCUT2D eigenvalue weighted by molar-refractivity contribution is 6.03. The van der Waals surface area contributed by atoms with Crippen LogP contribution in [0.1, 0.15) is 21.7 Å². The maximum absolute atomic E-state index is 12.6. The number of carbonyl (C=O) groups excluding carboxylic acids is 1. The zero-order valence-electron chi connectivity index (χ0n) is 14.9. The molecule has 1 amide bonds. The molecule has 0 saturated carbocycles. The molecule has 0 aliphatic heterocycles. The maximum Gasteiger partial charge on any atom is 0.274 e. The van der Waals surface area contributed by atoms with E-state index in [1.165, 1.54) is 0 Å². The number of aryl methyl sites for hydroxylation is 2. The second kappa shape index (κ2) is 7.65. The van der Waals surface area contributed by atoms with Gasteiger partial charge in [-0.2, -0.15) is 0 Å². The first-order valence-corrected chi connectivity index (χ1v) is 8.19. The molecule has 0 radical (unpaired) electrons. The lowest BCUT2D eigenvalue weighted by Gasteiger charge is -2.11. The van der Waals surface area contributed by atoms with Gasteiger partial charge in [-0.1, -0.05) is 24.3 Å². The summed E-state index contributed by atoms with van der Waals surface area (Å²) in [4.78, 5) is 21.2. The normalized spacial score (nSPS) is 10.3. The van der Waals surface area contributed by atoms with E-state index in [9.17, 15) is 4.79 Å². The maximum atomic E-state index is 12.6. The van der Waals surface area contributed by atoms with Crippen molar-refractivity contribution in [2.75, 3.05) is 17.7 Å². The fourth-order valence-corrected chi connectivity index (χ4v) is 2.53. The number of aromatic nitrogens is 2. The number of nitrogens with zero attached hydrogens (tertiary/aromatic N) is 2. The van der Waals surface area contributed by atoms with Crippen LogP contribution in [0.3, 0.4) is 0 Å². The molecule has 6 nitrogen and oxygen atoms in total. The van der Waals surface area contributed by atoms with Crippen molar-refractivity contribution >= 4 is 23.2 Å². The molecule has 0 aliphatic carbocycles. The van der Waals surface area contributed by atoms with Crippen molar-refractivity contribution in [3.63, 3.8) is 0 Å². The Morgan fingerprint density at radius 3 is 2.58 bits per heavy atom. The van der Waals surface area contributed by atoms with Gasteiger partial charge in [-0.05, 0) is 49.7 Å². The predicted molar refractivity (Wildman–Crippen MR) is 102 cm³/mol. The van der Waals surface area contributed by atoms with E-state index >= 15 is 0 Å². The number of anilines is 3. The van der Waals surface area contributed by atoms with Crippen LogP contribution in [0.2, 0.25) is 0 Å². The zero-order valence-corrected chi connectivity index (χ0v) is 14.9. The molecule has 3 aromatic rings. The lowest BCUT2D eigenvalue weighted by molar-refractivity contribution is 0.102. The molecular formula is C20H20N4O2. The number of amides is 1. The standard InChI is InChI=1S/C20H20N4O2/c1-13-7-6-8-15(11-13)22-19(25)17-12-14(2)21-20(24-17)23-16-9-4-5-10-18(16)26-3/h4-12H,1-3H3,(H,22,25)(H,21,23,24). The Hall–Kier alpha value is -3.41.